The standard InChI is InChI=1S/C24H27N3O3S/c1-16-11-17(2)13-26(12-16)24(30)18-7-3-4-8-19(18)25-22(28)14-27-20-9-5-6-10-21(20)31-15-23(27)29/h3-10,16-17H,11-15H2,1-2H3,(H,25,28). The van der Waals surface area contributed by atoms with Gasteiger partial charge in [-0.15, -0.1) is 11.8 Å². The van der Waals surface area contributed by atoms with Crippen LogP contribution in [0.5, 0.6) is 0 Å². The summed E-state index contributed by atoms with van der Waals surface area (Å²) in [4.78, 5) is 42.9. The van der Waals surface area contributed by atoms with Crippen molar-refractivity contribution in [1.29, 1.82) is 0 Å². The van der Waals surface area contributed by atoms with Gasteiger partial charge in [0.2, 0.25) is 11.8 Å². The first-order valence-electron chi connectivity index (χ1n) is 10.6. The van der Waals surface area contributed by atoms with Crippen LogP contribution in [0.2, 0.25) is 0 Å². The number of anilines is 2. The van der Waals surface area contributed by atoms with E-state index in [4.69, 9.17) is 0 Å². The van der Waals surface area contributed by atoms with Crippen LogP contribution < -0.4 is 10.2 Å². The molecule has 162 valence electrons. The van der Waals surface area contributed by atoms with Crippen molar-refractivity contribution in [2.45, 2.75) is 25.2 Å². The van der Waals surface area contributed by atoms with Crippen LogP contribution in [-0.2, 0) is 9.59 Å². The van der Waals surface area contributed by atoms with E-state index in [1.54, 1.807) is 24.3 Å². The minimum atomic E-state index is -0.323. The van der Waals surface area contributed by atoms with E-state index >= 15 is 0 Å². The van der Waals surface area contributed by atoms with Gasteiger partial charge in [-0.05, 0) is 42.5 Å². The highest BCUT2D eigenvalue weighted by Crippen LogP contribution is 2.34. The second-order valence-electron chi connectivity index (χ2n) is 8.49. The lowest BCUT2D eigenvalue weighted by Gasteiger charge is -2.35. The Hall–Kier alpha value is -2.80. The third-order valence-corrected chi connectivity index (χ3v) is 6.75. The predicted octanol–water partition coefficient (Wildman–Crippen LogP) is 3.88. The van der Waals surface area contributed by atoms with E-state index in [0.717, 1.165) is 30.1 Å². The zero-order valence-electron chi connectivity index (χ0n) is 17.8. The van der Waals surface area contributed by atoms with Crippen molar-refractivity contribution in [1.82, 2.24) is 4.90 Å². The van der Waals surface area contributed by atoms with Crippen molar-refractivity contribution < 1.29 is 14.4 Å². The summed E-state index contributed by atoms with van der Waals surface area (Å²) in [5, 5.41) is 2.86. The molecule has 0 aromatic heterocycles. The number of thioether (sulfide) groups is 1. The molecule has 1 fully saturated rings. The maximum absolute atomic E-state index is 13.2. The normalized spacial score (nSPS) is 20.9. The number of likely N-dealkylation sites (tertiary alicyclic amines) is 1. The molecule has 31 heavy (non-hydrogen) atoms. The minimum Gasteiger partial charge on any atom is -0.338 e. The Bertz CT molecular complexity index is 999. The molecule has 2 unspecified atom stereocenters. The number of amides is 3. The van der Waals surface area contributed by atoms with Gasteiger partial charge < -0.3 is 15.1 Å². The first kappa shape index (κ1) is 21.4. The van der Waals surface area contributed by atoms with Crippen LogP contribution in [0.4, 0.5) is 11.4 Å². The van der Waals surface area contributed by atoms with Crippen LogP contribution in [0, 0.1) is 11.8 Å². The number of nitrogens with zero attached hydrogens (tertiary/aromatic N) is 2. The molecule has 1 saturated heterocycles. The molecule has 2 atom stereocenters. The molecule has 0 saturated carbocycles. The lowest BCUT2D eigenvalue weighted by Crippen LogP contribution is -2.43. The monoisotopic (exact) mass is 437 g/mol. The molecule has 6 nitrogen and oxygen atoms in total. The minimum absolute atomic E-state index is 0.0647. The van der Waals surface area contributed by atoms with Crippen molar-refractivity contribution in [2.75, 3.05) is 35.6 Å². The van der Waals surface area contributed by atoms with Crippen molar-refractivity contribution in [2.24, 2.45) is 11.8 Å². The summed E-state index contributed by atoms with van der Waals surface area (Å²) < 4.78 is 0. The molecule has 0 spiro atoms. The third kappa shape index (κ3) is 4.77. The molecule has 0 radical (unpaired) electrons. The van der Waals surface area contributed by atoms with E-state index in [1.165, 1.54) is 16.7 Å². The molecular formula is C24H27N3O3S. The zero-order valence-corrected chi connectivity index (χ0v) is 18.7. The molecule has 1 N–H and O–H groups in total. The Morgan fingerprint density at radius 1 is 1.03 bits per heavy atom. The number of carbonyl (C=O) groups is 3. The average Bonchev–Trinajstić information content (AvgIpc) is 2.75. The largest absolute Gasteiger partial charge is 0.338 e. The van der Waals surface area contributed by atoms with Gasteiger partial charge in [0.25, 0.3) is 5.91 Å². The molecule has 2 aromatic carbocycles. The molecule has 0 bridgehead atoms. The van der Waals surface area contributed by atoms with Crippen LogP contribution >= 0.6 is 11.8 Å². The Balaban J connectivity index is 1.50. The van der Waals surface area contributed by atoms with E-state index < -0.39 is 0 Å². The SMILES string of the molecule is CC1CC(C)CN(C(=O)c2ccccc2NC(=O)CN2C(=O)CSc3ccccc32)C1. The van der Waals surface area contributed by atoms with Crippen LogP contribution in [-0.4, -0.2) is 48.0 Å². The number of fused-ring (bicyclic) bond motifs is 1. The smallest absolute Gasteiger partial charge is 0.255 e. The fourth-order valence-corrected chi connectivity index (χ4v) is 5.37. The Kier molecular flexibility index (Phi) is 6.32. The van der Waals surface area contributed by atoms with Gasteiger partial charge in [-0.25, -0.2) is 0 Å². The summed E-state index contributed by atoms with van der Waals surface area (Å²) in [5.41, 5.74) is 1.72. The van der Waals surface area contributed by atoms with E-state index in [-0.39, 0.29) is 24.3 Å². The quantitative estimate of drug-likeness (QED) is 0.788. The first-order chi connectivity index (χ1) is 14.9. The van der Waals surface area contributed by atoms with Crippen molar-refractivity contribution in [3.8, 4) is 0 Å². The van der Waals surface area contributed by atoms with Crippen LogP contribution in [0.1, 0.15) is 30.6 Å². The molecule has 2 aliphatic rings. The number of carbonyl (C=O) groups excluding carboxylic acids is 3. The highest BCUT2D eigenvalue weighted by Gasteiger charge is 2.29. The van der Waals surface area contributed by atoms with Gasteiger partial charge >= 0.3 is 0 Å². The Morgan fingerprint density at radius 2 is 1.71 bits per heavy atom. The summed E-state index contributed by atoms with van der Waals surface area (Å²) in [6.07, 6.45) is 1.12. The lowest BCUT2D eigenvalue weighted by atomic mass is 9.91. The molecule has 7 heteroatoms. The van der Waals surface area contributed by atoms with Gasteiger partial charge in [0.05, 0.1) is 22.7 Å². The van der Waals surface area contributed by atoms with Crippen LogP contribution in [0.3, 0.4) is 0 Å². The highest BCUT2D eigenvalue weighted by atomic mass is 32.2. The number of hydrogen-bond donors (Lipinski definition) is 1. The molecule has 3 amide bonds. The summed E-state index contributed by atoms with van der Waals surface area (Å²) >= 11 is 1.48. The topological polar surface area (TPSA) is 69.7 Å². The maximum atomic E-state index is 13.2. The van der Waals surface area contributed by atoms with Crippen LogP contribution in [0.25, 0.3) is 0 Å². The second-order valence-corrected chi connectivity index (χ2v) is 9.50. The summed E-state index contributed by atoms with van der Waals surface area (Å²) in [6.45, 7) is 5.69. The lowest BCUT2D eigenvalue weighted by molar-refractivity contribution is -0.120. The third-order valence-electron chi connectivity index (χ3n) is 5.70. The Morgan fingerprint density at radius 3 is 2.48 bits per heavy atom. The van der Waals surface area contributed by atoms with Gasteiger partial charge in [-0.2, -0.15) is 0 Å². The van der Waals surface area contributed by atoms with Gasteiger partial charge in [0.15, 0.2) is 0 Å². The zero-order chi connectivity index (χ0) is 22.0. The predicted molar refractivity (Wildman–Crippen MR) is 123 cm³/mol. The second kappa shape index (κ2) is 9.14. The van der Waals surface area contributed by atoms with Crippen molar-refractivity contribution in [3.05, 3.63) is 54.1 Å². The number of hydrogen-bond acceptors (Lipinski definition) is 4. The van der Waals surface area contributed by atoms with Crippen molar-refractivity contribution in [3.63, 3.8) is 0 Å². The van der Waals surface area contributed by atoms with Gasteiger partial charge in [-0.3, -0.25) is 14.4 Å². The number of benzene rings is 2. The van der Waals surface area contributed by atoms with Gasteiger partial charge in [0.1, 0.15) is 6.54 Å². The van der Waals surface area contributed by atoms with E-state index in [2.05, 4.69) is 19.2 Å². The summed E-state index contributed by atoms with van der Waals surface area (Å²) in [5.74, 6) is 0.736. The van der Waals surface area contributed by atoms with E-state index in [1.807, 2.05) is 29.2 Å². The molecule has 4 rings (SSSR count). The fraction of sp³-hybridized carbons (Fsp3) is 0.375. The van der Waals surface area contributed by atoms with Gasteiger partial charge in [0, 0.05) is 18.0 Å². The molecular weight excluding hydrogens is 410 g/mol. The maximum Gasteiger partial charge on any atom is 0.255 e. The average molecular weight is 438 g/mol. The Labute approximate surface area is 187 Å². The molecule has 2 heterocycles. The fourth-order valence-electron chi connectivity index (χ4n) is 4.44. The summed E-state index contributed by atoms with van der Waals surface area (Å²) in [7, 11) is 0. The number of nitrogens with one attached hydrogen (secondary N) is 1. The van der Waals surface area contributed by atoms with Gasteiger partial charge in [-0.1, -0.05) is 38.1 Å². The molecule has 0 aliphatic carbocycles. The summed E-state index contributed by atoms with van der Waals surface area (Å²) in [6, 6.07) is 14.7. The number of para-hydroxylation sites is 2. The number of piperidine rings is 1. The highest BCUT2D eigenvalue weighted by molar-refractivity contribution is 8.00. The van der Waals surface area contributed by atoms with Crippen molar-refractivity contribution >= 4 is 40.9 Å². The van der Waals surface area contributed by atoms with Crippen LogP contribution in [0.15, 0.2) is 53.4 Å². The molecule has 2 aliphatic heterocycles. The van der Waals surface area contributed by atoms with E-state index in [0.29, 0.717) is 28.8 Å². The number of rotatable bonds is 4. The van der Waals surface area contributed by atoms with E-state index in [9.17, 15) is 14.4 Å². The molecule has 2 aromatic rings. The first-order valence-corrected chi connectivity index (χ1v) is 11.6.